The largest absolute Gasteiger partial charge is 0.493 e. The Labute approximate surface area is 244 Å². The van der Waals surface area contributed by atoms with E-state index in [9.17, 15) is 24.9 Å². The predicted molar refractivity (Wildman–Crippen MR) is 156 cm³/mol. The van der Waals surface area contributed by atoms with Crippen LogP contribution in [0.4, 0.5) is 0 Å². The zero-order valence-corrected chi connectivity index (χ0v) is 25.3. The lowest BCUT2D eigenvalue weighted by atomic mass is 9.88. The fourth-order valence-electron chi connectivity index (χ4n) is 4.58. The zero-order valence-electron chi connectivity index (χ0n) is 23.2. The molecule has 1 aliphatic rings. The molecule has 220 valence electrons. The highest BCUT2D eigenvalue weighted by Crippen LogP contribution is 2.37. The van der Waals surface area contributed by atoms with Crippen molar-refractivity contribution in [2.75, 3.05) is 40.5 Å². The Bertz CT molecular complexity index is 958. The molecule has 0 radical (unpaired) electrons. The normalized spacial score (nSPS) is 18.8. The minimum Gasteiger partial charge on any atom is -0.493 e. The van der Waals surface area contributed by atoms with Crippen LogP contribution in [0.15, 0.2) is 23.8 Å². The number of nitrogens with one attached hydrogen (secondary N) is 1. The molecule has 0 unspecified atom stereocenters. The number of aliphatic hydroxyl groups excluding tert-OH is 3. The predicted octanol–water partition coefficient (Wildman–Crippen LogP) is 2.54. The summed E-state index contributed by atoms with van der Waals surface area (Å²) in [4.78, 5) is 27.9. The van der Waals surface area contributed by atoms with Gasteiger partial charge in [-0.2, -0.15) is 0 Å². The van der Waals surface area contributed by atoms with Gasteiger partial charge < -0.3 is 39.7 Å². The molecule has 1 aromatic rings. The first-order chi connectivity index (χ1) is 18.8. The summed E-state index contributed by atoms with van der Waals surface area (Å²) in [6, 6.07) is 2.67. The number of unbranched alkanes of at least 4 members (excludes halogenated alkanes) is 4. The number of rotatable bonds is 17. The van der Waals surface area contributed by atoms with Gasteiger partial charge in [0.2, 0.25) is 11.8 Å². The fraction of sp³-hybridized carbons (Fsp3) is 0.643. The van der Waals surface area contributed by atoms with Gasteiger partial charge >= 0.3 is 0 Å². The summed E-state index contributed by atoms with van der Waals surface area (Å²) in [5.74, 6) is 0.227. The number of ether oxygens (including phenoxy) is 3. The number of hydrogen-bond donors (Lipinski definition) is 4. The maximum absolute atomic E-state index is 13.4. The average molecular weight is 663 g/mol. The molecule has 11 heteroatoms. The molecule has 39 heavy (non-hydrogen) atoms. The maximum Gasteiger partial charge on any atom is 0.247 e. The van der Waals surface area contributed by atoms with Gasteiger partial charge in [-0.15, -0.1) is 0 Å². The smallest absolute Gasteiger partial charge is 0.247 e. The van der Waals surface area contributed by atoms with E-state index < -0.39 is 24.2 Å². The first-order valence-corrected chi connectivity index (χ1v) is 14.6. The van der Waals surface area contributed by atoms with E-state index in [0.717, 1.165) is 32.1 Å². The lowest BCUT2D eigenvalue weighted by Crippen LogP contribution is -2.55. The topological polar surface area (TPSA) is 138 Å². The molecule has 1 aromatic carbocycles. The van der Waals surface area contributed by atoms with Gasteiger partial charge in [-0.25, -0.2) is 0 Å². The molecule has 0 aliphatic heterocycles. The molecular weight excluding hydrogens is 619 g/mol. The molecule has 1 aliphatic carbocycles. The van der Waals surface area contributed by atoms with Crippen LogP contribution in [0.3, 0.4) is 0 Å². The Morgan fingerprint density at radius 2 is 1.90 bits per heavy atom. The van der Waals surface area contributed by atoms with Gasteiger partial charge in [-0.1, -0.05) is 32.6 Å². The van der Waals surface area contributed by atoms with Crippen molar-refractivity contribution in [3.05, 3.63) is 32.9 Å². The van der Waals surface area contributed by atoms with E-state index in [1.807, 2.05) is 0 Å². The highest BCUT2D eigenvalue weighted by atomic mass is 127. The number of halogens is 1. The van der Waals surface area contributed by atoms with E-state index in [1.165, 1.54) is 7.11 Å². The van der Waals surface area contributed by atoms with E-state index >= 15 is 0 Å². The van der Waals surface area contributed by atoms with Crippen molar-refractivity contribution in [1.82, 2.24) is 10.2 Å². The van der Waals surface area contributed by atoms with Crippen molar-refractivity contribution in [2.24, 2.45) is 0 Å². The minimum absolute atomic E-state index is 0.0767. The summed E-state index contributed by atoms with van der Waals surface area (Å²) in [7, 11) is 3.03. The lowest BCUT2D eigenvalue weighted by Gasteiger charge is -2.40. The van der Waals surface area contributed by atoms with Gasteiger partial charge in [-0.3, -0.25) is 9.59 Å². The Kier molecular flexibility index (Phi) is 15.1. The van der Waals surface area contributed by atoms with Crippen LogP contribution in [-0.4, -0.2) is 90.8 Å². The number of benzene rings is 1. The second kappa shape index (κ2) is 17.7. The molecule has 0 bridgehead atoms. The SMILES string of the molecule is CCCCCCCC(=O)N(CCOC)[C@@H]1CC(C(=O)NCCO)=C[C@H](Oc2c(I)cc(CO)cc2OC)[C@H]1O. The van der Waals surface area contributed by atoms with Crippen molar-refractivity contribution in [2.45, 2.75) is 76.7 Å². The highest BCUT2D eigenvalue weighted by Gasteiger charge is 2.40. The molecule has 0 heterocycles. The van der Waals surface area contributed by atoms with Gasteiger partial charge in [0.25, 0.3) is 0 Å². The van der Waals surface area contributed by atoms with Crippen LogP contribution in [0.2, 0.25) is 0 Å². The van der Waals surface area contributed by atoms with Gasteiger partial charge in [0, 0.05) is 38.6 Å². The van der Waals surface area contributed by atoms with Crippen molar-refractivity contribution >= 4 is 34.4 Å². The molecule has 2 rings (SSSR count). The molecule has 0 spiro atoms. The number of carbonyl (C=O) groups is 2. The van der Waals surface area contributed by atoms with Crippen LogP contribution in [0, 0.1) is 3.57 Å². The quantitative estimate of drug-likeness (QED) is 0.148. The third kappa shape index (κ3) is 9.89. The summed E-state index contributed by atoms with van der Waals surface area (Å²) in [5.41, 5.74) is 0.989. The molecule has 0 fully saturated rings. The monoisotopic (exact) mass is 662 g/mol. The number of methoxy groups -OCH3 is 2. The van der Waals surface area contributed by atoms with Crippen molar-refractivity contribution in [3.8, 4) is 11.5 Å². The molecule has 0 saturated carbocycles. The van der Waals surface area contributed by atoms with Crippen molar-refractivity contribution in [1.29, 1.82) is 0 Å². The number of aliphatic hydroxyl groups is 3. The van der Waals surface area contributed by atoms with Crippen LogP contribution in [-0.2, 0) is 20.9 Å². The Morgan fingerprint density at radius 3 is 2.54 bits per heavy atom. The first kappa shape index (κ1) is 33.3. The van der Waals surface area contributed by atoms with Crippen LogP contribution in [0.5, 0.6) is 11.5 Å². The van der Waals surface area contributed by atoms with Crippen molar-refractivity contribution < 1.29 is 39.1 Å². The second-order valence-electron chi connectivity index (χ2n) is 9.53. The van der Waals surface area contributed by atoms with Crippen LogP contribution in [0.1, 0.15) is 57.4 Å². The first-order valence-electron chi connectivity index (χ1n) is 13.5. The van der Waals surface area contributed by atoms with Crippen LogP contribution in [0.25, 0.3) is 0 Å². The summed E-state index contributed by atoms with van der Waals surface area (Å²) >= 11 is 2.06. The summed E-state index contributed by atoms with van der Waals surface area (Å²) in [6.07, 6.45) is 4.92. The molecule has 4 N–H and O–H groups in total. The molecule has 0 aromatic heterocycles. The van der Waals surface area contributed by atoms with Crippen LogP contribution < -0.4 is 14.8 Å². The summed E-state index contributed by atoms with van der Waals surface area (Å²) in [5, 5.41) is 32.9. The zero-order chi connectivity index (χ0) is 28.8. The number of hydrogen-bond acceptors (Lipinski definition) is 8. The third-order valence-electron chi connectivity index (χ3n) is 6.69. The van der Waals surface area contributed by atoms with Gasteiger partial charge in [-0.05, 0) is 52.8 Å². The Balaban J connectivity index is 2.39. The fourth-order valence-corrected chi connectivity index (χ4v) is 5.38. The molecule has 0 saturated heterocycles. The van der Waals surface area contributed by atoms with Crippen molar-refractivity contribution in [3.63, 3.8) is 0 Å². The molecule has 10 nitrogen and oxygen atoms in total. The van der Waals surface area contributed by atoms with E-state index in [1.54, 1.807) is 30.2 Å². The maximum atomic E-state index is 13.4. The minimum atomic E-state index is -1.14. The summed E-state index contributed by atoms with van der Waals surface area (Å²) < 4.78 is 17.6. The van der Waals surface area contributed by atoms with Crippen LogP contribution >= 0.6 is 22.6 Å². The average Bonchev–Trinajstić information content (AvgIpc) is 2.93. The van der Waals surface area contributed by atoms with E-state index in [4.69, 9.17) is 14.2 Å². The number of carbonyl (C=O) groups excluding carboxylic acids is 2. The van der Waals surface area contributed by atoms with E-state index in [2.05, 4.69) is 34.8 Å². The molecular formula is C28H43IN2O8. The highest BCUT2D eigenvalue weighted by molar-refractivity contribution is 14.1. The van der Waals surface area contributed by atoms with Gasteiger partial charge in [0.05, 0.1) is 36.5 Å². The molecule has 3 atom stereocenters. The van der Waals surface area contributed by atoms with Gasteiger partial charge in [0.15, 0.2) is 11.5 Å². The second-order valence-corrected chi connectivity index (χ2v) is 10.7. The van der Waals surface area contributed by atoms with E-state index in [-0.39, 0.29) is 45.2 Å². The number of nitrogens with zero attached hydrogens (tertiary/aromatic N) is 1. The third-order valence-corrected chi connectivity index (χ3v) is 7.49. The Morgan fingerprint density at radius 1 is 1.15 bits per heavy atom. The summed E-state index contributed by atoms with van der Waals surface area (Å²) in [6.45, 7) is 2.36. The molecule has 2 amide bonds. The Hall–Kier alpha value is -1.93. The number of amides is 2. The van der Waals surface area contributed by atoms with E-state index in [0.29, 0.717) is 32.6 Å². The standard InChI is InChI=1S/C28H43IN2O8/c1-4-5-6-7-8-9-25(34)31(11-13-37-2)22-16-20(28(36)30-10-12-32)17-23(26(22)35)39-27-21(29)14-19(18-33)15-24(27)38-3/h14-15,17,22-23,26,32-33,35H,4-13,16,18H2,1-3H3,(H,30,36)/t22-,23+,26+/m1/s1. The lowest BCUT2D eigenvalue weighted by molar-refractivity contribution is -0.139. The van der Waals surface area contributed by atoms with Gasteiger partial charge in [0.1, 0.15) is 12.2 Å².